The Bertz CT molecular complexity index is 662. The first-order valence-corrected chi connectivity index (χ1v) is 10.3. The van der Waals surface area contributed by atoms with E-state index >= 15 is 0 Å². The summed E-state index contributed by atoms with van der Waals surface area (Å²) in [5, 5.41) is 13.9. The van der Waals surface area contributed by atoms with Crippen molar-refractivity contribution in [1.82, 2.24) is 10.2 Å². The second-order valence-electron chi connectivity index (χ2n) is 8.16. The zero-order valence-electron chi connectivity index (χ0n) is 14.4. The lowest BCUT2D eigenvalue weighted by Crippen LogP contribution is -2.67. The Kier molecular flexibility index (Phi) is 3.53. The molecule has 2 aliphatic carbocycles. The summed E-state index contributed by atoms with van der Waals surface area (Å²) in [6, 6.07) is 1.14. The quantitative estimate of drug-likeness (QED) is 0.571. The van der Waals surface area contributed by atoms with Crippen LogP contribution in [-0.2, 0) is 14.3 Å². The molecule has 2 saturated heterocycles. The van der Waals surface area contributed by atoms with Crippen molar-refractivity contribution in [2.75, 3.05) is 6.61 Å². The number of hydrogen-bond acceptors (Lipinski definition) is 5. The number of amides is 1. The standard InChI is InChI=1S/C18H24N2O4S/c1-9-14(25-12-6-11(7-12)19-10-4-2-3-5-10)13(16(21)22)20-15(9)18(8-24-18)17(20)23/h9-12,15,19H,2-8H2,1H3,(H,21,22). The van der Waals surface area contributed by atoms with E-state index in [-0.39, 0.29) is 23.6 Å². The fraction of sp³-hybridized carbons (Fsp3) is 0.778. The molecular weight excluding hydrogens is 340 g/mol. The first-order valence-electron chi connectivity index (χ1n) is 9.39. The van der Waals surface area contributed by atoms with Crippen LogP contribution < -0.4 is 5.32 Å². The number of carboxylic acid groups (broad SMARTS) is 1. The number of aliphatic carboxylic acids is 1. The number of carbonyl (C=O) groups excluding carboxylic acids is 1. The van der Waals surface area contributed by atoms with Crippen molar-refractivity contribution in [3.05, 3.63) is 10.6 Å². The van der Waals surface area contributed by atoms with Gasteiger partial charge in [-0.2, -0.15) is 0 Å². The topological polar surface area (TPSA) is 82.2 Å². The minimum atomic E-state index is -0.986. The molecule has 7 heteroatoms. The third-order valence-corrected chi connectivity index (χ3v) is 8.11. The number of carbonyl (C=O) groups is 2. The van der Waals surface area contributed by atoms with Gasteiger partial charge in [-0.15, -0.1) is 11.8 Å². The highest BCUT2D eigenvalue weighted by Crippen LogP contribution is 2.58. The van der Waals surface area contributed by atoms with Crippen LogP contribution in [0.3, 0.4) is 0 Å². The van der Waals surface area contributed by atoms with Crippen LogP contribution in [-0.4, -0.2) is 57.5 Å². The smallest absolute Gasteiger partial charge is 0.353 e. The van der Waals surface area contributed by atoms with E-state index in [4.69, 9.17) is 4.74 Å². The second kappa shape index (κ2) is 5.47. The Hall–Kier alpha value is -1.05. The Balaban J connectivity index is 1.26. The highest BCUT2D eigenvalue weighted by Gasteiger charge is 2.76. The molecule has 2 N–H and O–H groups in total. The summed E-state index contributed by atoms with van der Waals surface area (Å²) >= 11 is 1.69. The van der Waals surface area contributed by atoms with Crippen LogP contribution in [0.4, 0.5) is 0 Å². The number of thioether (sulfide) groups is 1. The van der Waals surface area contributed by atoms with Crippen molar-refractivity contribution in [2.45, 2.75) is 74.4 Å². The van der Waals surface area contributed by atoms with Crippen molar-refractivity contribution in [3.8, 4) is 0 Å². The molecule has 25 heavy (non-hydrogen) atoms. The van der Waals surface area contributed by atoms with Gasteiger partial charge in [0.05, 0.1) is 12.6 Å². The lowest BCUT2D eigenvalue weighted by atomic mass is 9.82. The average Bonchev–Trinajstić information content (AvgIpc) is 3.13. The monoisotopic (exact) mass is 364 g/mol. The summed E-state index contributed by atoms with van der Waals surface area (Å²) < 4.78 is 5.41. The van der Waals surface area contributed by atoms with E-state index in [9.17, 15) is 14.7 Å². The van der Waals surface area contributed by atoms with Gasteiger partial charge in [0.15, 0.2) is 5.60 Å². The average molecular weight is 364 g/mol. The van der Waals surface area contributed by atoms with Crippen LogP contribution in [0.25, 0.3) is 0 Å². The van der Waals surface area contributed by atoms with Crippen molar-refractivity contribution < 1.29 is 19.4 Å². The number of rotatable bonds is 5. The van der Waals surface area contributed by atoms with Gasteiger partial charge in [-0.1, -0.05) is 19.8 Å². The van der Waals surface area contributed by atoms with Crippen molar-refractivity contribution in [2.24, 2.45) is 5.92 Å². The van der Waals surface area contributed by atoms with Crippen molar-refractivity contribution in [1.29, 1.82) is 0 Å². The van der Waals surface area contributed by atoms with Gasteiger partial charge < -0.3 is 15.2 Å². The van der Waals surface area contributed by atoms with Gasteiger partial charge in [-0.05, 0) is 25.7 Å². The first kappa shape index (κ1) is 16.1. The third kappa shape index (κ3) is 2.25. The van der Waals surface area contributed by atoms with E-state index in [1.165, 1.54) is 30.6 Å². The van der Waals surface area contributed by atoms with Crippen molar-refractivity contribution in [3.63, 3.8) is 0 Å². The van der Waals surface area contributed by atoms with Crippen LogP contribution in [0.1, 0.15) is 45.4 Å². The number of nitrogens with one attached hydrogen (secondary N) is 1. The molecule has 0 aromatic rings. The van der Waals surface area contributed by atoms with Crippen LogP contribution in [0, 0.1) is 5.92 Å². The number of β-lactam (4-membered cyclic amide) rings is 1. The summed E-state index contributed by atoms with van der Waals surface area (Å²) in [6.07, 6.45) is 7.43. The molecule has 2 saturated carbocycles. The number of nitrogens with zero attached hydrogens (tertiary/aromatic N) is 1. The van der Waals surface area contributed by atoms with E-state index in [0.717, 1.165) is 17.7 Å². The zero-order valence-corrected chi connectivity index (χ0v) is 15.2. The molecule has 6 nitrogen and oxygen atoms in total. The molecular formula is C18H24N2O4S. The van der Waals surface area contributed by atoms with Gasteiger partial charge in [0, 0.05) is 28.2 Å². The van der Waals surface area contributed by atoms with Gasteiger partial charge in [0.25, 0.3) is 5.91 Å². The molecule has 0 aromatic carbocycles. The molecule has 0 radical (unpaired) electrons. The van der Waals surface area contributed by atoms with Gasteiger partial charge >= 0.3 is 5.97 Å². The highest BCUT2D eigenvalue weighted by atomic mass is 32.2. The molecule has 0 bridgehead atoms. The molecule has 0 aromatic heterocycles. The van der Waals surface area contributed by atoms with E-state index in [1.54, 1.807) is 11.8 Å². The van der Waals surface area contributed by atoms with E-state index < -0.39 is 11.6 Å². The Labute approximate surface area is 151 Å². The Morgan fingerprint density at radius 2 is 2.00 bits per heavy atom. The van der Waals surface area contributed by atoms with Crippen molar-refractivity contribution >= 4 is 23.6 Å². The maximum atomic E-state index is 12.3. The number of fused-ring (bicyclic) bond motifs is 2. The van der Waals surface area contributed by atoms with Gasteiger partial charge in [0.1, 0.15) is 5.70 Å². The van der Waals surface area contributed by atoms with Crippen LogP contribution in [0.5, 0.6) is 0 Å². The van der Waals surface area contributed by atoms with Gasteiger partial charge in [-0.3, -0.25) is 9.69 Å². The summed E-state index contributed by atoms with van der Waals surface area (Å²) in [5.74, 6) is -1.09. The fourth-order valence-corrected chi connectivity index (χ4v) is 6.75. The van der Waals surface area contributed by atoms with E-state index in [1.807, 2.05) is 6.92 Å². The molecule has 3 unspecified atom stereocenters. The highest BCUT2D eigenvalue weighted by molar-refractivity contribution is 8.03. The molecule has 4 fully saturated rings. The number of carboxylic acids is 1. The lowest BCUT2D eigenvalue weighted by molar-refractivity contribution is -0.158. The number of epoxide rings is 1. The molecule has 1 spiro atoms. The van der Waals surface area contributed by atoms with Gasteiger partial charge in [0.2, 0.25) is 0 Å². The Morgan fingerprint density at radius 1 is 1.32 bits per heavy atom. The summed E-state index contributed by atoms with van der Waals surface area (Å²) in [5.41, 5.74) is -0.491. The maximum absolute atomic E-state index is 12.3. The predicted molar refractivity (Wildman–Crippen MR) is 92.9 cm³/mol. The minimum absolute atomic E-state index is 0.0538. The molecule has 5 rings (SSSR count). The predicted octanol–water partition coefficient (Wildman–Crippen LogP) is 1.71. The number of hydrogen-bond donors (Lipinski definition) is 2. The molecule has 3 atom stereocenters. The second-order valence-corrected chi connectivity index (χ2v) is 9.50. The minimum Gasteiger partial charge on any atom is -0.477 e. The Morgan fingerprint density at radius 3 is 2.60 bits per heavy atom. The maximum Gasteiger partial charge on any atom is 0.353 e. The molecule has 3 heterocycles. The summed E-state index contributed by atoms with van der Waals surface area (Å²) in [7, 11) is 0. The summed E-state index contributed by atoms with van der Waals surface area (Å²) in [6.45, 7) is 2.48. The lowest BCUT2D eigenvalue weighted by Gasteiger charge is -2.43. The normalized spacial score (nSPS) is 42.6. The number of ether oxygens (including phenoxy) is 1. The van der Waals surface area contributed by atoms with Crippen LogP contribution >= 0.6 is 11.8 Å². The fourth-order valence-electron chi connectivity index (χ4n) is 5.09. The zero-order chi connectivity index (χ0) is 17.3. The molecule has 5 aliphatic rings. The largest absolute Gasteiger partial charge is 0.477 e. The first-order chi connectivity index (χ1) is 12.0. The SMILES string of the molecule is CC1C(SC2CC(NC3CCCC3)C2)=C(C(=O)O)N2C(=O)C3(CO3)C12. The molecule has 136 valence electrons. The van der Waals surface area contributed by atoms with Gasteiger partial charge in [-0.25, -0.2) is 4.79 Å². The van der Waals surface area contributed by atoms with Crippen LogP contribution in [0.2, 0.25) is 0 Å². The summed E-state index contributed by atoms with van der Waals surface area (Å²) in [4.78, 5) is 26.5. The third-order valence-electron chi connectivity index (χ3n) is 6.57. The van der Waals surface area contributed by atoms with Crippen LogP contribution in [0.15, 0.2) is 10.6 Å². The molecule has 3 aliphatic heterocycles. The molecule has 1 amide bonds. The van der Waals surface area contributed by atoms with E-state index in [2.05, 4.69) is 5.32 Å². The van der Waals surface area contributed by atoms with E-state index in [0.29, 0.717) is 23.9 Å².